The van der Waals surface area contributed by atoms with E-state index in [-0.39, 0.29) is 12.1 Å². The van der Waals surface area contributed by atoms with Crippen LogP contribution in [0.5, 0.6) is 0 Å². The Morgan fingerprint density at radius 2 is 1.38 bits per heavy atom. The highest BCUT2D eigenvalue weighted by molar-refractivity contribution is 7.60. The molecule has 0 amide bonds. The van der Waals surface area contributed by atoms with Crippen molar-refractivity contribution in [3.8, 4) is 0 Å². The van der Waals surface area contributed by atoms with Crippen molar-refractivity contribution in [2.45, 2.75) is 63.6 Å². The Hall–Kier alpha value is -1.71. The Bertz CT molecular complexity index is 825. The van der Waals surface area contributed by atoms with Crippen molar-refractivity contribution in [3.05, 3.63) is 83.9 Å². The minimum absolute atomic E-state index is 0.201. The number of fused-ring (bicyclic) bond motifs is 1. The summed E-state index contributed by atoms with van der Waals surface area (Å²) in [5.74, 6) is -1.04. The van der Waals surface area contributed by atoms with Crippen LogP contribution in [0.2, 0.25) is 0 Å². The van der Waals surface area contributed by atoms with Crippen LogP contribution in [0, 0.1) is 0 Å². The van der Waals surface area contributed by atoms with Crippen molar-refractivity contribution >= 4 is 7.44 Å². The zero-order valence-electron chi connectivity index (χ0n) is 17.2. The SMILES string of the molecule is C=C(C)C(O)P1(=O)N(Cc2ccccc2)[C@@H]2CCCC[C@H]2N1Cc1ccccc1. The summed E-state index contributed by atoms with van der Waals surface area (Å²) in [4.78, 5) is 0. The second kappa shape index (κ2) is 8.57. The van der Waals surface area contributed by atoms with E-state index >= 15 is 0 Å². The summed E-state index contributed by atoms with van der Waals surface area (Å²) in [5.41, 5.74) is 2.84. The highest BCUT2D eigenvalue weighted by Crippen LogP contribution is 2.68. The van der Waals surface area contributed by atoms with Crippen molar-refractivity contribution < 1.29 is 9.67 Å². The highest BCUT2D eigenvalue weighted by atomic mass is 31.2. The van der Waals surface area contributed by atoms with Crippen LogP contribution in [0.1, 0.15) is 43.7 Å². The fraction of sp³-hybridized carbons (Fsp3) is 0.417. The standard InChI is InChI=1S/C24H31N2O2P/c1-19(2)24(27)29(28)25(17-20-11-5-3-6-12-20)22-15-9-10-16-23(22)26(29)18-21-13-7-4-8-14-21/h3-8,11-14,22-24,27H,1,9-10,15-18H2,2H3/t22-,23-,24?/m1/s1. The molecule has 0 bridgehead atoms. The molecule has 1 aliphatic carbocycles. The number of hydrogen-bond acceptors (Lipinski definition) is 2. The summed E-state index contributed by atoms with van der Waals surface area (Å²) < 4.78 is 19.0. The molecular formula is C24H31N2O2P. The average Bonchev–Trinajstić information content (AvgIpc) is 2.98. The molecule has 4 rings (SSSR count). The minimum atomic E-state index is -3.25. The van der Waals surface area contributed by atoms with Crippen molar-refractivity contribution in [3.63, 3.8) is 0 Å². The third-order valence-corrected chi connectivity index (χ3v) is 9.76. The second-order valence-corrected chi connectivity index (χ2v) is 11.1. The van der Waals surface area contributed by atoms with Crippen LogP contribution in [-0.2, 0) is 17.7 Å². The molecule has 1 heterocycles. The molecule has 2 aromatic rings. The summed E-state index contributed by atoms with van der Waals surface area (Å²) in [6, 6.07) is 20.8. The molecular weight excluding hydrogens is 379 g/mol. The van der Waals surface area contributed by atoms with Gasteiger partial charge in [-0.3, -0.25) is 4.57 Å². The zero-order chi connectivity index (χ0) is 20.4. The number of rotatable bonds is 6. The van der Waals surface area contributed by atoms with E-state index in [0.717, 1.165) is 36.8 Å². The van der Waals surface area contributed by atoms with Crippen LogP contribution in [0.3, 0.4) is 0 Å². The lowest BCUT2D eigenvalue weighted by Gasteiger charge is -2.35. The maximum Gasteiger partial charge on any atom is 0.249 e. The van der Waals surface area contributed by atoms with Gasteiger partial charge < -0.3 is 5.11 Å². The van der Waals surface area contributed by atoms with Gasteiger partial charge in [0.2, 0.25) is 7.44 Å². The van der Waals surface area contributed by atoms with Crippen LogP contribution < -0.4 is 0 Å². The minimum Gasteiger partial charge on any atom is -0.378 e. The molecule has 1 aliphatic heterocycles. The maximum atomic E-state index is 14.7. The van der Waals surface area contributed by atoms with Crippen molar-refractivity contribution in [1.29, 1.82) is 0 Å². The molecule has 5 heteroatoms. The first-order valence-corrected chi connectivity index (χ1v) is 12.2. The largest absolute Gasteiger partial charge is 0.378 e. The second-order valence-electron chi connectivity index (χ2n) is 8.39. The van der Waals surface area contributed by atoms with Gasteiger partial charge >= 0.3 is 0 Å². The Morgan fingerprint density at radius 1 is 0.966 bits per heavy atom. The van der Waals surface area contributed by atoms with Gasteiger partial charge in [-0.2, -0.15) is 0 Å². The molecule has 1 unspecified atom stereocenters. The lowest BCUT2D eigenvalue weighted by molar-refractivity contribution is 0.197. The van der Waals surface area contributed by atoms with E-state index in [4.69, 9.17) is 0 Å². The quantitative estimate of drug-likeness (QED) is 0.511. The van der Waals surface area contributed by atoms with Crippen molar-refractivity contribution in [2.24, 2.45) is 0 Å². The maximum absolute atomic E-state index is 14.7. The van der Waals surface area contributed by atoms with E-state index < -0.39 is 13.3 Å². The molecule has 2 fully saturated rings. The first-order chi connectivity index (χ1) is 14.0. The number of hydrogen-bond donors (Lipinski definition) is 1. The van der Waals surface area contributed by atoms with Gasteiger partial charge in [-0.1, -0.05) is 80.1 Å². The van der Waals surface area contributed by atoms with Crippen LogP contribution in [-0.4, -0.2) is 32.4 Å². The number of benzene rings is 2. The van der Waals surface area contributed by atoms with Gasteiger partial charge in [-0.05, 0) is 36.5 Å². The topological polar surface area (TPSA) is 43.8 Å². The summed E-state index contributed by atoms with van der Waals surface area (Å²) in [6.45, 7) is 6.94. The lowest BCUT2D eigenvalue weighted by atomic mass is 9.90. The molecule has 3 atom stereocenters. The third-order valence-electron chi connectivity index (χ3n) is 6.33. The van der Waals surface area contributed by atoms with Crippen molar-refractivity contribution in [1.82, 2.24) is 9.34 Å². The summed E-state index contributed by atoms with van der Waals surface area (Å²) in [7, 11) is -3.25. The zero-order valence-corrected chi connectivity index (χ0v) is 18.0. The van der Waals surface area contributed by atoms with E-state index in [9.17, 15) is 9.67 Å². The molecule has 154 valence electrons. The molecule has 1 saturated heterocycles. The summed E-state index contributed by atoms with van der Waals surface area (Å²) in [6.07, 6.45) is 4.34. The van der Waals surface area contributed by atoms with Crippen LogP contribution in [0.15, 0.2) is 72.8 Å². The van der Waals surface area contributed by atoms with Gasteiger partial charge in [0.1, 0.15) is 0 Å². The fourth-order valence-corrected chi connectivity index (χ4v) is 8.46. The summed E-state index contributed by atoms with van der Waals surface area (Å²) >= 11 is 0. The van der Waals surface area contributed by atoms with E-state index in [0.29, 0.717) is 18.7 Å². The first kappa shape index (κ1) is 20.6. The molecule has 1 N–H and O–H groups in total. The normalized spacial score (nSPS) is 25.4. The van der Waals surface area contributed by atoms with Crippen molar-refractivity contribution in [2.75, 3.05) is 0 Å². The Kier molecular flexibility index (Phi) is 6.08. The molecule has 1 saturated carbocycles. The molecule has 0 radical (unpaired) electrons. The molecule has 4 nitrogen and oxygen atoms in total. The first-order valence-electron chi connectivity index (χ1n) is 10.6. The highest BCUT2D eigenvalue weighted by Gasteiger charge is 2.58. The molecule has 2 aliphatic rings. The lowest BCUT2D eigenvalue weighted by Crippen LogP contribution is -2.39. The smallest absolute Gasteiger partial charge is 0.249 e. The predicted molar refractivity (Wildman–Crippen MR) is 118 cm³/mol. The van der Waals surface area contributed by atoms with Crippen LogP contribution in [0.25, 0.3) is 0 Å². The van der Waals surface area contributed by atoms with Gasteiger partial charge in [0.25, 0.3) is 0 Å². The molecule has 0 aromatic heterocycles. The van der Waals surface area contributed by atoms with Gasteiger partial charge in [0, 0.05) is 25.2 Å². The summed E-state index contributed by atoms with van der Waals surface area (Å²) in [5, 5.41) is 11.2. The van der Waals surface area contributed by atoms with Gasteiger partial charge in [-0.25, -0.2) is 9.34 Å². The van der Waals surface area contributed by atoms with E-state index in [1.165, 1.54) is 0 Å². The fourth-order valence-electron chi connectivity index (χ4n) is 4.91. The number of nitrogens with zero attached hydrogens (tertiary/aromatic N) is 2. The third kappa shape index (κ3) is 3.87. The molecule has 2 aromatic carbocycles. The number of aliphatic hydroxyl groups is 1. The van der Waals surface area contributed by atoms with Gasteiger partial charge in [0.05, 0.1) is 0 Å². The predicted octanol–water partition coefficient (Wildman–Crippen LogP) is 5.40. The Balaban J connectivity index is 1.77. The Labute approximate surface area is 174 Å². The van der Waals surface area contributed by atoms with E-state index in [1.807, 2.05) is 36.4 Å². The molecule has 0 spiro atoms. The van der Waals surface area contributed by atoms with E-state index in [2.05, 4.69) is 40.2 Å². The Morgan fingerprint density at radius 3 is 1.76 bits per heavy atom. The average molecular weight is 410 g/mol. The van der Waals surface area contributed by atoms with Gasteiger partial charge in [-0.15, -0.1) is 0 Å². The monoisotopic (exact) mass is 410 g/mol. The van der Waals surface area contributed by atoms with E-state index in [1.54, 1.807) is 6.92 Å². The molecule has 29 heavy (non-hydrogen) atoms. The number of aliphatic hydroxyl groups excluding tert-OH is 1. The van der Waals surface area contributed by atoms with Crippen LogP contribution >= 0.6 is 7.44 Å². The van der Waals surface area contributed by atoms with Crippen LogP contribution in [0.4, 0.5) is 0 Å². The van der Waals surface area contributed by atoms with Gasteiger partial charge in [0.15, 0.2) is 5.85 Å².